The standard InChI is InChI=1S/C15H21ClN2O4/c1-15(2,3)22-14(20)17-9-10-5-4-8-18(10)13(19)11-6-7-12(16)21-11/h6-7,10H,4-5,8-9H2,1-3H3,(H,17,20). The molecule has 1 saturated heterocycles. The Bertz CT molecular complexity index is 550. The predicted molar refractivity (Wildman–Crippen MR) is 82.0 cm³/mol. The average Bonchev–Trinajstić information content (AvgIpc) is 3.02. The van der Waals surface area contributed by atoms with Crippen molar-refractivity contribution in [2.45, 2.75) is 45.3 Å². The minimum atomic E-state index is -0.541. The second-order valence-electron chi connectivity index (χ2n) is 6.28. The van der Waals surface area contributed by atoms with Crippen molar-refractivity contribution >= 4 is 23.6 Å². The Labute approximate surface area is 134 Å². The van der Waals surface area contributed by atoms with E-state index in [0.29, 0.717) is 13.1 Å². The SMILES string of the molecule is CC(C)(C)OC(=O)NCC1CCCN1C(=O)c1ccc(Cl)o1. The molecule has 1 aliphatic heterocycles. The van der Waals surface area contributed by atoms with E-state index in [1.165, 1.54) is 0 Å². The van der Waals surface area contributed by atoms with Crippen LogP contribution in [0.4, 0.5) is 4.79 Å². The Kier molecular flexibility index (Phi) is 5.01. The molecule has 1 aromatic rings. The van der Waals surface area contributed by atoms with Gasteiger partial charge < -0.3 is 19.4 Å². The molecule has 1 aliphatic rings. The Balaban J connectivity index is 1.91. The number of likely N-dealkylation sites (tertiary alicyclic amines) is 1. The molecule has 2 amide bonds. The van der Waals surface area contributed by atoms with Gasteiger partial charge in [-0.3, -0.25) is 4.79 Å². The lowest BCUT2D eigenvalue weighted by atomic mass is 10.2. The molecular formula is C15H21ClN2O4. The number of carbonyl (C=O) groups excluding carboxylic acids is 2. The van der Waals surface area contributed by atoms with Crippen molar-refractivity contribution in [3.8, 4) is 0 Å². The van der Waals surface area contributed by atoms with Gasteiger partial charge in [0, 0.05) is 19.1 Å². The van der Waals surface area contributed by atoms with Crippen molar-refractivity contribution in [3.05, 3.63) is 23.1 Å². The van der Waals surface area contributed by atoms with E-state index in [2.05, 4.69) is 5.32 Å². The lowest BCUT2D eigenvalue weighted by Gasteiger charge is -2.25. The second-order valence-corrected chi connectivity index (χ2v) is 6.65. The minimum absolute atomic E-state index is 0.0658. The van der Waals surface area contributed by atoms with Crippen molar-refractivity contribution < 1.29 is 18.7 Å². The van der Waals surface area contributed by atoms with Gasteiger partial charge in [0.05, 0.1) is 0 Å². The van der Waals surface area contributed by atoms with E-state index in [9.17, 15) is 9.59 Å². The zero-order valence-electron chi connectivity index (χ0n) is 13.0. The number of hydrogen-bond donors (Lipinski definition) is 1. The van der Waals surface area contributed by atoms with Crippen LogP contribution in [-0.4, -0.2) is 41.6 Å². The number of furan rings is 1. The molecule has 122 valence electrons. The summed E-state index contributed by atoms with van der Waals surface area (Å²) in [5, 5.41) is 2.90. The molecule has 0 aliphatic carbocycles. The first kappa shape index (κ1) is 16.7. The number of nitrogens with zero attached hydrogens (tertiary/aromatic N) is 1. The first-order chi connectivity index (χ1) is 10.3. The van der Waals surface area contributed by atoms with Crippen LogP contribution in [-0.2, 0) is 4.74 Å². The van der Waals surface area contributed by atoms with Gasteiger partial charge in [-0.15, -0.1) is 0 Å². The number of rotatable bonds is 3. The molecule has 1 N–H and O–H groups in total. The monoisotopic (exact) mass is 328 g/mol. The highest BCUT2D eigenvalue weighted by Crippen LogP contribution is 2.22. The van der Waals surface area contributed by atoms with Gasteiger partial charge in [-0.05, 0) is 57.3 Å². The van der Waals surface area contributed by atoms with Crippen molar-refractivity contribution in [1.29, 1.82) is 0 Å². The summed E-state index contributed by atoms with van der Waals surface area (Å²) in [6.07, 6.45) is 1.24. The predicted octanol–water partition coefficient (Wildman–Crippen LogP) is 3.06. The third-order valence-corrected chi connectivity index (χ3v) is 3.51. The number of halogens is 1. The molecule has 1 unspecified atom stereocenters. The summed E-state index contributed by atoms with van der Waals surface area (Å²) in [5.41, 5.74) is -0.541. The van der Waals surface area contributed by atoms with Gasteiger partial charge in [-0.25, -0.2) is 4.79 Å². The maximum atomic E-state index is 12.4. The molecule has 0 bridgehead atoms. The van der Waals surface area contributed by atoms with Gasteiger partial charge in [0.25, 0.3) is 5.91 Å². The molecule has 7 heteroatoms. The number of amides is 2. The maximum absolute atomic E-state index is 12.4. The van der Waals surface area contributed by atoms with Gasteiger partial charge in [-0.1, -0.05) is 0 Å². The second kappa shape index (κ2) is 6.60. The molecule has 0 radical (unpaired) electrons. The number of nitrogens with one attached hydrogen (secondary N) is 1. The van der Waals surface area contributed by atoms with E-state index in [1.54, 1.807) is 37.8 Å². The first-order valence-electron chi connectivity index (χ1n) is 7.29. The van der Waals surface area contributed by atoms with E-state index in [0.717, 1.165) is 12.8 Å². The van der Waals surface area contributed by atoms with Crippen LogP contribution in [0.2, 0.25) is 5.22 Å². The molecule has 0 aromatic carbocycles. The minimum Gasteiger partial charge on any atom is -0.444 e. The molecule has 1 fully saturated rings. The van der Waals surface area contributed by atoms with E-state index in [4.69, 9.17) is 20.8 Å². The van der Waals surface area contributed by atoms with E-state index in [1.807, 2.05) is 0 Å². The fourth-order valence-electron chi connectivity index (χ4n) is 2.40. The highest BCUT2D eigenvalue weighted by atomic mass is 35.5. The van der Waals surface area contributed by atoms with Crippen molar-refractivity contribution in [2.75, 3.05) is 13.1 Å². The Hall–Kier alpha value is -1.69. The lowest BCUT2D eigenvalue weighted by Crippen LogP contribution is -2.44. The summed E-state index contributed by atoms with van der Waals surface area (Å²) in [6, 6.07) is 3.03. The molecule has 0 saturated carbocycles. The number of carbonyl (C=O) groups is 2. The molecule has 2 heterocycles. The van der Waals surface area contributed by atoms with Crippen molar-refractivity contribution in [2.24, 2.45) is 0 Å². The zero-order chi connectivity index (χ0) is 16.3. The van der Waals surface area contributed by atoms with Crippen LogP contribution in [0.15, 0.2) is 16.5 Å². The summed E-state index contributed by atoms with van der Waals surface area (Å²) in [4.78, 5) is 25.8. The Morgan fingerprint density at radius 2 is 2.18 bits per heavy atom. The average molecular weight is 329 g/mol. The highest BCUT2D eigenvalue weighted by Gasteiger charge is 2.31. The van der Waals surface area contributed by atoms with E-state index in [-0.39, 0.29) is 22.9 Å². The number of alkyl carbamates (subject to hydrolysis) is 1. The van der Waals surface area contributed by atoms with Gasteiger partial charge in [-0.2, -0.15) is 0 Å². The fraction of sp³-hybridized carbons (Fsp3) is 0.600. The normalized spacial score (nSPS) is 18.4. The van der Waals surface area contributed by atoms with Gasteiger partial charge in [0.2, 0.25) is 0 Å². The third-order valence-electron chi connectivity index (χ3n) is 3.30. The largest absolute Gasteiger partial charge is 0.444 e. The molecular weight excluding hydrogens is 308 g/mol. The van der Waals surface area contributed by atoms with Crippen LogP contribution < -0.4 is 5.32 Å². The molecule has 22 heavy (non-hydrogen) atoms. The van der Waals surface area contributed by atoms with Gasteiger partial charge in [0.15, 0.2) is 11.0 Å². The van der Waals surface area contributed by atoms with Gasteiger partial charge >= 0.3 is 6.09 Å². The quantitative estimate of drug-likeness (QED) is 0.925. The summed E-state index contributed by atoms with van der Waals surface area (Å²) >= 11 is 5.70. The van der Waals surface area contributed by atoms with Crippen molar-refractivity contribution in [3.63, 3.8) is 0 Å². The van der Waals surface area contributed by atoms with Crippen LogP contribution >= 0.6 is 11.6 Å². The summed E-state index contributed by atoms with van der Waals surface area (Å²) in [6.45, 7) is 6.41. The fourth-order valence-corrected chi connectivity index (χ4v) is 2.55. The highest BCUT2D eigenvalue weighted by molar-refractivity contribution is 6.29. The molecule has 2 rings (SSSR count). The van der Waals surface area contributed by atoms with E-state index < -0.39 is 11.7 Å². The molecule has 1 atom stereocenters. The summed E-state index contributed by atoms with van der Waals surface area (Å²) in [7, 11) is 0. The van der Waals surface area contributed by atoms with Crippen LogP contribution in [0.1, 0.15) is 44.2 Å². The molecule has 0 spiro atoms. The summed E-state index contributed by atoms with van der Waals surface area (Å²) < 4.78 is 10.4. The lowest BCUT2D eigenvalue weighted by molar-refractivity contribution is 0.0499. The first-order valence-corrected chi connectivity index (χ1v) is 7.67. The maximum Gasteiger partial charge on any atom is 0.407 e. The van der Waals surface area contributed by atoms with Gasteiger partial charge in [0.1, 0.15) is 5.60 Å². The number of hydrogen-bond acceptors (Lipinski definition) is 4. The molecule has 6 nitrogen and oxygen atoms in total. The van der Waals surface area contributed by atoms with Crippen LogP contribution in [0.3, 0.4) is 0 Å². The van der Waals surface area contributed by atoms with Crippen molar-refractivity contribution in [1.82, 2.24) is 10.2 Å². The Morgan fingerprint density at radius 1 is 1.45 bits per heavy atom. The van der Waals surface area contributed by atoms with Crippen LogP contribution in [0, 0.1) is 0 Å². The number of ether oxygens (including phenoxy) is 1. The Morgan fingerprint density at radius 3 is 2.77 bits per heavy atom. The topological polar surface area (TPSA) is 71.8 Å². The van der Waals surface area contributed by atoms with Crippen LogP contribution in [0.5, 0.6) is 0 Å². The zero-order valence-corrected chi connectivity index (χ0v) is 13.8. The van der Waals surface area contributed by atoms with E-state index >= 15 is 0 Å². The molecule has 1 aromatic heterocycles. The van der Waals surface area contributed by atoms with Crippen LogP contribution in [0.25, 0.3) is 0 Å². The third kappa shape index (κ3) is 4.40. The summed E-state index contributed by atoms with van der Waals surface area (Å²) in [5.74, 6) is 0.00885. The smallest absolute Gasteiger partial charge is 0.407 e.